The number of rotatable bonds is 12. The van der Waals surface area contributed by atoms with Gasteiger partial charge in [0, 0.05) is 17.8 Å². The monoisotopic (exact) mass is 494 g/mol. The standard InChI is InChI=1S/C26H32N2O5.Ca.2H/c1-5-19-12-14-21(15-13-19)28-18-20(24(27-28)31-6-2)9-8-16-32-22-10-7-11-23(17-22)33-26(3,4)25(29)30;;;/h7,10-15,17-18H,5-6,8-9,16H2,1-4H3,(H,29,30);;;/q;+2;2*-1. The zero-order valence-corrected chi connectivity index (χ0v) is 22.6. The van der Waals surface area contributed by atoms with Crippen molar-refractivity contribution in [1.29, 1.82) is 0 Å². The largest absolute Gasteiger partial charge is 2.00 e. The molecule has 3 rings (SSSR count). The van der Waals surface area contributed by atoms with Gasteiger partial charge in [0.05, 0.1) is 18.9 Å². The van der Waals surface area contributed by atoms with Gasteiger partial charge in [-0.05, 0) is 69.9 Å². The Morgan fingerprint density at radius 1 is 1.09 bits per heavy atom. The summed E-state index contributed by atoms with van der Waals surface area (Å²) in [7, 11) is 0. The molecule has 3 aromatic rings. The van der Waals surface area contributed by atoms with Gasteiger partial charge >= 0.3 is 43.7 Å². The second-order valence-electron chi connectivity index (χ2n) is 8.20. The number of benzene rings is 2. The topological polar surface area (TPSA) is 82.8 Å². The molecule has 1 aromatic heterocycles. The number of aliphatic carboxylic acids is 1. The maximum Gasteiger partial charge on any atom is 2.00 e. The summed E-state index contributed by atoms with van der Waals surface area (Å²) in [6.07, 6.45) is 4.53. The van der Waals surface area contributed by atoms with Gasteiger partial charge in [0.25, 0.3) is 0 Å². The normalized spacial score (nSPS) is 10.9. The molecule has 0 unspecified atom stereocenters. The molecule has 0 saturated heterocycles. The second kappa shape index (κ2) is 13.0. The van der Waals surface area contributed by atoms with Gasteiger partial charge in [-0.3, -0.25) is 0 Å². The van der Waals surface area contributed by atoms with Crippen molar-refractivity contribution in [1.82, 2.24) is 9.78 Å². The first-order valence-electron chi connectivity index (χ1n) is 11.3. The van der Waals surface area contributed by atoms with Crippen LogP contribution in [-0.4, -0.2) is 77.4 Å². The van der Waals surface area contributed by atoms with Gasteiger partial charge in [-0.25, -0.2) is 9.48 Å². The van der Waals surface area contributed by atoms with Gasteiger partial charge in [0.15, 0.2) is 5.60 Å². The summed E-state index contributed by atoms with van der Waals surface area (Å²) in [5.41, 5.74) is 2.00. The average molecular weight is 495 g/mol. The molecule has 0 radical (unpaired) electrons. The fourth-order valence-electron chi connectivity index (χ4n) is 3.26. The van der Waals surface area contributed by atoms with Crippen molar-refractivity contribution in [2.24, 2.45) is 0 Å². The van der Waals surface area contributed by atoms with Crippen LogP contribution in [0.4, 0.5) is 0 Å². The average Bonchev–Trinajstić information content (AvgIpc) is 3.19. The summed E-state index contributed by atoms with van der Waals surface area (Å²) in [5, 5.41) is 13.9. The van der Waals surface area contributed by atoms with Crippen molar-refractivity contribution in [3.63, 3.8) is 0 Å². The maximum absolute atomic E-state index is 11.3. The number of carboxylic acid groups (broad SMARTS) is 1. The van der Waals surface area contributed by atoms with Crippen LogP contribution in [0.5, 0.6) is 17.4 Å². The first kappa shape index (κ1) is 28.0. The van der Waals surface area contributed by atoms with Gasteiger partial charge < -0.3 is 22.2 Å². The summed E-state index contributed by atoms with van der Waals surface area (Å²) < 4.78 is 19.0. The third-order valence-electron chi connectivity index (χ3n) is 5.19. The number of nitrogens with zero attached hydrogens (tertiary/aromatic N) is 2. The number of aryl methyl sites for hydroxylation is 2. The molecule has 1 heterocycles. The van der Waals surface area contributed by atoms with E-state index < -0.39 is 11.6 Å². The Morgan fingerprint density at radius 3 is 2.44 bits per heavy atom. The molecule has 0 amide bonds. The Kier molecular flexibility index (Phi) is 10.7. The molecule has 7 nitrogen and oxygen atoms in total. The maximum atomic E-state index is 11.3. The fourth-order valence-corrected chi connectivity index (χ4v) is 3.26. The first-order valence-corrected chi connectivity index (χ1v) is 11.3. The van der Waals surface area contributed by atoms with Crippen LogP contribution in [0.1, 0.15) is 48.1 Å². The summed E-state index contributed by atoms with van der Waals surface area (Å²) in [5.74, 6) is 0.698. The molecule has 0 aliphatic rings. The van der Waals surface area contributed by atoms with E-state index in [0.717, 1.165) is 30.5 Å². The predicted molar refractivity (Wildman–Crippen MR) is 135 cm³/mol. The number of aromatic nitrogens is 2. The van der Waals surface area contributed by atoms with E-state index in [9.17, 15) is 9.90 Å². The third-order valence-corrected chi connectivity index (χ3v) is 5.19. The smallest absolute Gasteiger partial charge is 1.00 e. The summed E-state index contributed by atoms with van der Waals surface area (Å²) in [4.78, 5) is 11.3. The van der Waals surface area contributed by atoms with E-state index in [-0.39, 0.29) is 40.6 Å². The van der Waals surface area contributed by atoms with Crippen molar-refractivity contribution in [2.75, 3.05) is 13.2 Å². The minimum absolute atomic E-state index is 0. The molecule has 1 N–H and O–H groups in total. The molecular weight excluding hydrogens is 460 g/mol. The van der Waals surface area contributed by atoms with Crippen molar-refractivity contribution >= 4 is 43.7 Å². The number of carbonyl (C=O) groups is 1. The zero-order valence-electron chi connectivity index (χ0n) is 22.4. The predicted octanol–water partition coefficient (Wildman–Crippen LogP) is 4.93. The number of ether oxygens (including phenoxy) is 3. The van der Waals surface area contributed by atoms with Crippen LogP contribution < -0.4 is 14.2 Å². The van der Waals surface area contributed by atoms with Crippen LogP contribution in [-0.2, 0) is 17.6 Å². The first-order chi connectivity index (χ1) is 15.8. The molecule has 0 saturated carbocycles. The Bertz CT molecular complexity index is 1070. The van der Waals surface area contributed by atoms with Gasteiger partial charge in [-0.2, -0.15) is 0 Å². The molecule has 0 aliphatic carbocycles. The molecular formula is C26H34CaN2O5. The minimum Gasteiger partial charge on any atom is -1.00 e. The minimum atomic E-state index is -1.31. The van der Waals surface area contributed by atoms with Crippen molar-refractivity contribution < 1.29 is 27.0 Å². The van der Waals surface area contributed by atoms with Gasteiger partial charge in [0.1, 0.15) is 11.5 Å². The van der Waals surface area contributed by atoms with Crippen LogP contribution in [0.3, 0.4) is 0 Å². The SMILES string of the molecule is CCOc1nn(-c2ccc(CC)cc2)cc1CCCOc1cccc(OC(C)(C)C(=O)O)c1.[Ca+2].[H-].[H-]. The van der Waals surface area contributed by atoms with E-state index in [2.05, 4.69) is 36.3 Å². The van der Waals surface area contributed by atoms with Crippen molar-refractivity contribution in [2.45, 2.75) is 52.6 Å². The van der Waals surface area contributed by atoms with Crippen LogP contribution in [0, 0.1) is 0 Å². The Labute approximate surface area is 234 Å². The second-order valence-corrected chi connectivity index (χ2v) is 8.20. The molecule has 34 heavy (non-hydrogen) atoms. The number of carboxylic acids is 1. The van der Waals surface area contributed by atoms with Crippen LogP contribution >= 0.6 is 0 Å². The zero-order chi connectivity index (χ0) is 23.8. The Morgan fingerprint density at radius 2 is 1.79 bits per heavy atom. The molecule has 0 atom stereocenters. The van der Waals surface area contributed by atoms with E-state index in [1.807, 2.05) is 23.9 Å². The van der Waals surface area contributed by atoms with Crippen molar-refractivity contribution in [3.05, 3.63) is 65.9 Å². The van der Waals surface area contributed by atoms with Gasteiger partial charge in [-0.1, -0.05) is 25.1 Å². The van der Waals surface area contributed by atoms with Gasteiger partial charge in [0.2, 0.25) is 5.88 Å². The molecule has 0 bridgehead atoms. The summed E-state index contributed by atoms with van der Waals surface area (Å²) in [6.45, 7) is 8.15. The Balaban J connectivity index is 0.00000408. The van der Waals surface area contributed by atoms with E-state index in [4.69, 9.17) is 14.2 Å². The third kappa shape index (κ3) is 7.65. The molecule has 8 heteroatoms. The van der Waals surface area contributed by atoms with E-state index in [1.54, 1.807) is 18.2 Å². The van der Waals surface area contributed by atoms with E-state index in [1.165, 1.54) is 19.4 Å². The molecule has 180 valence electrons. The molecule has 0 fully saturated rings. The number of hydrogen-bond acceptors (Lipinski definition) is 5. The summed E-state index contributed by atoms with van der Waals surface area (Å²) >= 11 is 0. The van der Waals surface area contributed by atoms with Crippen LogP contribution in [0.15, 0.2) is 54.7 Å². The summed E-state index contributed by atoms with van der Waals surface area (Å²) in [6, 6.07) is 15.4. The quantitative estimate of drug-likeness (QED) is 0.284. The molecule has 0 aliphatic heterocycles. The number of hydrogen-bond donors (Lipinski definition) is 1. The van der Waals surface area contributed by atoms with Crippen LogP contribution in [0.25, 0.3) is 5.69 Å². The van der Waals surface area contributed by atoms with Crippen LogP contribution in [0.2, 0.25) is 0 Å². The van der Waals surface area contributed by atoms with Gasteiger partial charge in [-0.15, -0.1) is 5.10 Å². The van der Waals surface area contributed by atoms with Crippen molar-refractivity contribution in [3.8, 4) is 23.1 Å². The Hall–Kier alpha value is -2.22. The molecule has 2 aromatic carbocycles. The fraction of sp³-hybridized carbons (Fsp3) is 0.385. The molecule has 0 spiro atoms. The van der Waals surface area contributed by atoms with E-state index in [0.29, 0.717) is 30.6 Å². The van der Waals surface area contributed by atoms with E-state index >= 15 is 0 Å².